The highest BCUT2D eigenvalue weighted by atomic mass is 35.5. The van der Waals surface area contributed by atoms with Gasteiger partial charge in [-0.15, -0.1) is 12.4 Å². The fourth-order valence-electron chi connectivity index (χ4n) is 2.67. The van der Waals surface area contributed by atoms with Crippen LogP contribution in [0.15, 0.2) is 12.7 Å². The molecule has 0 aliphatic heterocycles. The zero-order valence-electron chi connectivity index (χ0n) is 10.5. The maximum Gasteiger partial charge on any atom is 0.165 e. The van der Waals surface area contributed by atoms with Crippen molar-refractivity contribution in [1.29, 1.82) is 0 Å². The van der Waals surface area contributed by atoms with E-state index in [-0.39, 0.29) is 36.8 Å². The molecule has 110 valence electrons. The van der Waals surface area contributed by atoms with Gasteiger partial charge in [-0.1, -0.05) is 0 Å². The quantitative estimate of drug-likeness (QED) is 0.566. The predicted octanol–water partition coefficient (Wildman–Crippen LogP) is -0.895. The Labute approximate surface area is 120 Å². The predicted molar refractivity (Wildman–Crippen MR) is 73.2 cm³/mol. The SMILES string of the molecule is Cl.Nc1ncnc2c1ncn2[C@H]1C[C@@H](CO)[C@H](O)[C@H]1O. The number of halogens is 1. The number of nitrogen functional groups attached to an aromatic ring is 1. The smallest absolute Gasteiger partial charge is 0.165 e. The zero-order valence-corrected chi connectivity index (χ0v) is 11.3. The van der Waals surface area contributed by atoms with Gasteiger partial charge in [0, 0.05) is 12.5 Å². The number of aliphatic hydroxyl groups is 3. The maximum absolute atomic E-state index is 10.1. The topological polar surface area (TPSA) is 130 Å². The lowest BCUT2D eigenvalue weighted by molar-refractivity contribution is -0.00370. The van der Waals surface area contributed by atoms with E-state index in [1.54, 1.807) is 4.57 Å². The number of anilines is 1. The number of hydrogen-bond acceptors (Lipinski definition) is 7. The molecule has 2 heterocycles. The summed E-state index contributed by atoms with van der Waals surface area (Å²) < 4.78 is 1.68. The van der Waals surface area contributed by atoms with Gasteiger partial charge in [-0.2, -0.15) is 0 Å². The number of fused-ring (bicyclic) bond motifs is 1. The largest absolute Gasteiger partial charge is 0.396 e. The molecule has 5 N–H and O–H groups in total. The number of nitrogens with zero attached hydrogens (tertiary/aromatic N) is 4. The van der Waals surface area contributed by atoms with Crippen LogP contribution < -0.4 is 5.73 Å². The van der Waals surface area contributed by atoms with E-state index in [9.17, 15) is 15.3 Å². The number of imidazole rings is 1. The highest BCUT2D eigenvalue weighted by molar-refractivity contribution is 5.85. The van der Waals surface area contributed by atoms with E-state index in [1.807, 2.05) is 0 Å². The van der Waals surface area contributed by atoms with Crippen molar-refractivity contribution >= 4 is 29.4 Å². The third-order valence-electron chi connectivity index (χ3n) is 3.75. The van der Waals surface area contributed by atoms with Gasteiger partial charge in [-0.25, -0.2) is 15.0 Å². The van der Waals surface area contributed by atoms with Crippen LogP contribution >= 0.6 is 12.4 Å². The Hall–Kier alpha value is -1.48. The van der Waals surface area contributed by atoms with Crippen LogP contribution in [-0.2, 0) is 0 Å². The molecule has 9 heteroatoms. The minimum atomic E-state index is -0.967. The zero-order chi connectivity index (χ0) is 13.6. The summed E-state index contributed by atoms with van der Waals surface area (Å²) in [6, 6.07) is -0.383. The molecule has 0 radical (unpaired) electrons. The van der Waals surface area contributed by atoms with Crippen molar-refractivity contribution in [3.63, 3.8) is 0 Å². The van der Waals surface area contributed by atoms with Gasteiger partial charge in [-0.05, 0) is 6.42 Å². The highest BCUT2D eigenvalue weighted by Crippen LogP contribution is 2.36. The lowest BCUT2D eigenvalue weighted by Crippen LogP contribution is -2.30. The van der Waals surface area contributed by atoms with Gasteiger partial charge in [-0.3, -0.25) is 0 Å². The summed E-state index contributed by atoms with van der Waals surface area (Å²) in [5, 5.41) is 29.1. The number of nitrogens with two attached hydrogens (primary N) is 1. The maximum atomic E-state index is 10.1. The average Bonchev–Trinajstić information content (AvgIpc) is 2.94. The summed E-state index contributed by atoms with van der Waals surface area (Å²) in [7, 11) is 0. The van der Waals surface area contributed by atoms with Gasteiger partial charge in [0.2, 0.25) is 0 Å². The summed E-state index contributed by atoms with van der Waals surface area (Å²) in [5.74, 6) is -0.0767. The summed E-state index contributed by atoms with van der Waals surface area (Å²) in [5.41, 5.74) is 6.69. The first-order valence-corrected chi connectivity index (χ1v) is 6.03. The highest BCUT2D eigenvalue weighted by Gasteiger charge is 2.42. The molecule has 0 unspecified atom stereocenters. The Kier molecular flexibility index (Phi) is 4.09. The van der Waals surface area contributed by atoms with Crippen LogP contribution in [0.5, 0.6) is 0 Å². The molecule has 1 aliphatic carbocycles. The van der Waals surface area contributed by atoms with E-state index >= 15 is 0 Å². The number of rotatable bonds is 2. The molecular formula is C11H16ClN5O3. The fourth-order valence-corrected chi connectivity index (χ4v) is 2.67. The average molecular weight is 302 g/mol. The molecule has 20 heavy (non-hydrogen) atoms. The summed E-state index contributed by atoms with van der Waals surface area (Å²) in [6.07, 6.45) is 1.39. The van der Waals surface area contributed by atoms with Gasteiger partial charge in [0.25, 0.3) is 0 Å². The van der Waals surface area contributed by atoms with E-state index < -0.39 is 12.2 Å². The third-order valence-corrected chi connectivity index (χ3v) is 3.75. The summed E-state index contributed by atoms with van der Waals surface area (Å²) in [6.45, 7) is -0.168. The van der Waals surface area contributed by atoms with E-state index in [2.05, 4.69) is 15.0 Å². The molecule has 2 aromatic rings. The van der Waals surface area contributed by atoms with Crippen LogP contribution in [0, 0.1) is 5.92 Å². The van der Waals surface area contributed by atoms with Crippen molar-refractivity contribution in [2.24, 2.45) is 5.92 Å². The number of hydrogen-bond donors (Lipinski definition) is 4. The molecule has 1 fully saturated rings. The first-order chi connectivity index (χ1) is 9.13. The third kappa shape index (κ3) is 2.10. The van der Waals surface area contributed by atoms with Gasteiger partial charge in [0.05, 0.1) is 18.5 Å². The minimum Gasteiger partial charge on any atom is -0.396 e. The summed E-state index contributed by atoms with van der Waals surface area (Å²) >= 11 is 0. The fraction of sp³-hybridized carbons (Fsp3) is 0.545. The van der Waals surface area contributed by atoms with Crippen LogP contribution in [0.2, 0.25) is 0 Å². The second-order valence-corrected chi connectivity index (χ2v) is 4.81. The molecule has 4 atom stereocenters. The van der Waals surface area contributed by atoms with Gasteiger partial charge in [0.15, 0.2) is 11.5 Å². The Bertz CT molecular complexity index is 607. The molecule has 8 nitrogen and oxygen atoms in total. The van der Waals surface area contributed by atoms with Crippen molar-refractivity contribution < 1.29 is 15.3 Å². The standard InChI is InChI=1S/C11H15N5O3.ClH/c12-10-7-11(14-3-13-10)16(4-15-7)6-1-5(2-17)8(18)9(6)19;/h3-6,8-9,17-19H,1-2H2,(H2,12,13,14);1H/t5-,6-,8-,9-;/m0./s1. The lowest BCUT2D eigenvalue weighted by Gasteiger charge is -2.18. The van der Waals surface area contributed by atoms with Crippen LogP contribution in [0.1, 0.15) is 12.5 Å². The van der Waals surface area contributed by atoms with Crippen LogP contribution in [0.3, 0.4) is 0 Å². The molecule has 0 bridgehead atoms. The molecular weight excluding hydrogens is 286 g/mol. The van der Waals surface area contributed by atoms with Crippen LogP contribution in [0.25, 0.3) is 11.2 Å². The summed E-state index contributed by atoms with van der Waals surface area (Å²) in [4.78, 5) is 12.1. The molecule has 1 saturated carbocycles. The molecule has 0 saturated heterocycles. The van der Waals surface area contributed by atoms with Crippen LogP contribution in [-0.4, -0.2) is 53.7 Å². The number of aliphatic hydroxyl groups excluding tert-OH is 3. The van der Waals surface area contributed by atoms with Crippen molar-refractivity contribution in [1.82, 2.24) is 19.5 Å². The molecule has 0 amide bonds. The van der Waals surface area contributed by atoms with Gasteiger partial charge < -0.3 is 25.6 Å². The Morgan fingerprint density at radius 3 is 2.65 bits per heavy atom. The molecule has 1 aliphatic rings. The van der Waals surface area contributed by atoms with Gasteiger partial charge in [0.1, 0.15) is 17.9 Å². The second kappa shape index (κ2) is 5.49. The van der Waals surface area contributed by atoms with E-state index in [4.69, 9.17) is 5.73 Å². The van der Waals surface area contributed by atoms with Gasteiger partial charge >= 0.3 is 0 Å². The molecule has 0 spiro atoms. The molecule has 3 rings (SSSR count). The van der Waals surface area contributed by atoms with Crippen LogP contribution in [0.4, 0.5) is 5.82 Å². The Morgan fingerprint density at radius 2 is 2.00 bits per heavy atom. The normalized spacial score (nSPS) is 29.6. The molecule has 0 aromatic carbocycles. The van der Waals surface area contributed by atoms with E-state index in [0.717, 1.165) is 0 Å². The Balaban J connectivity index is 0.00000147. The van der Waals surface area contributed by atoms with Crippen molar-refractivity contribution in [2.45, 2.75) is 24.7 Å². The number of aromatic nitrogens is 4. The molecule has 2 aromatic heterocycles. The first kappa shape index (κ1) is 14.9. The van der Waals surface area contributed by atoms with Crippen molar-refractivity contribution in [3.8, 4) is 0 Å². The Morgan fingerprint density at radius 1 is 1.25 bits per heavy atom. The monoisotopic (exact) mass is 301 g/mol. The van der Waals surface area contributed by atoms with E-state index in [0.29, 0.717) is 17.6 Å². The van der Waals surface area contributed by atoms with Crippen molar-refractivity contribution in [2.75, 3.05) is 12.3 Å². The minimum absolute atomic E-state index is 0. The van der Waals surface area contributed by atoms with E-state index in [1.165, 1.54) is 12.7 Å². The lowest BCUT2D eigenvalue weighted by atomic mass is 10.1. The van der Waals surface area contributed by atoms with Crippen molar-refractivity contribution in [3.05, 3.63) is 12.7 Å². The second-order valence-electron chi connectivity index (χ2n) is 4.81. The first-order valence-electron chi connectivity index (χ1n) is 6.03.